The van der Waals surface area contributed by atoms with Gasteiger partial charge in [-0.25, -0.2) is 0 Å². The van der Waals surface area contributed by atoms with Gasteiger partial charge in [-0.2, -0.15) is 8.42 Å². The van der Waals surface area contributed by atoms with Gasteiger partial charge in [-0.3, -0.25) is 10.1 Å². The monoisotopic (exact) mass is 307 g/mol. The summed E-state index contributed by atoms with van der Waals surface area (Å²) in [4.78, 5) is 10.2. The Labute approximate surface area is 122 Å². The van der Waals surface area contributed by atoms with Gasteiger partial charge in [0.1, 0.15) is 4.90 Å². The van der Waals surface area contributed by atoms with Gasteiger partial charge in [0.2, 0.25) is 5.75 Å². The molecule has 0 saturated heterocycles. The lowest BCUT2D eigenvalue weighted by molar-refractivity contribution is -0.385. The zero-order valence-electron chi connectivity index (χ0n) is 11.4. The van der Waals surface area contributed by atoms with Crippen LogP contribution in [0.2, 0.25) is 0 Å². The summed E-state index contributed by atoms with van der Waals surface area (Å²) in [7, 11) is -4.10. The molecule has 0 atom stereocenters. The SMILES string of the molecule is Cc1ccc(S(=O)(=O)Oc2ccc(C)cc2[N+](=O)[O-])cc1. The fourth-order valence-electron chi connectivity index (χ4n) is 1.71. The highest BCUT2D eigenvalue weighted by atomic mass is 32.2. The van der Waals surface area contributed by atoms with E-state index in [-0.39, 0.29) is 16.3 Å². The van der Waals surface area contributed by atoms with E-state index in [0.717, 1.165) is 5.56 Å². The van der Waals surface area contributed by atoms with Crippen molar-refractivity contribution in [1.82, 2.24) is 0 Å². The molecule has 0 aliphatic rings. The van der Waals surface area contributed by atoms with Gasteiger partial charge in [-0.15, -0.1) is 0 Å². The number of benzene rings is 2. The first kappa shape index (κ1) is 15.0. The predicted molar refractivity (Wildman–Crippen MR) is 76.8 cm³/mol. The number of nitro benzene ring substituents is 1. The standard InChI is InChI=1S/C14H13NO5S/c1-10-3-6-12(7-4-10)21(18,19)20-14-8-5-11(2)9-13(14)15(16)17/h3-9H,1-2H3. The van der Waals surface area contributed by atoms with E-state index in [9.17, 15) is 18.5 Å². The lowest BCUT2D eigenvalue weighted by atomic mass is 10.2. The van der Waals surface area contributed by atoms with Crippen molar-refractivity contribution in [1.29, 1.82) is 0 Å². The zero-order chi connectivity index (χ0) is 15.6. The minimum atomic E-state index is -4.10. The van der Waals surface area contributed by atoms with Crippen LogP contribution in [0.15, 0.2) is 47.4 Å². The third-order valence-electron chi connectivity index (χ3n) is 2.82. The third-order valence-corrected chi connectivity index (χ3v) is 4.07. The molecule has 0 bridgehead atoms. The maximum absolute atomic E-state index is 12.1. The van der Waals surface area contributed by atoms with Gasteiger partial charge in [0.15, 0.2) is 0 Å². The Morgan fingerprint density at radius 3 is 2.14 bits per heavy atom. The van der Waals surface area contributed by atoms with Crippen molar-refractivity contribution < 1.29 is 17.5 Å². The van der Waals surface area contributed by atoms with Gasteiger partial charge in [-0.1, -0.05) is 23.8 Å². The van der Waals surface area contributed by atoms with Crippen LogP contribution in [0, 0.1) is 24.0 Å². The summed E-state index contributed by atoms with van der Waals surface area (Å²) >= 11 is 0. The summed E-state index contributed by atoms with van der Waals surface area (Å²) < 4.78 is 29.2. The predicted octanol–water partition coefficient (Wildman–Crippen LogP) is 2.98. The highest BCUT2D eigenvalue weighted by Gasteiger charge is 2.23. The molecule has 0 aliphatic carbocycles. The van der Waals surface area contributed by atoms with E-state index >= 15 is 0 Å². The van der Waals surface area contributed by atoms with E-state index in [4.69, 9.17) is 4.18 Å². The first-order valence-electron chi connectivity index (χ1n) is 6.06. The summed E-state index contributed by atoms with van der Waals surface area (Å²) in [5.74, 6) is -0.300. The van der Waals surface area contributed by atoms with Crippen molar-refractivity contribution in [2.75, 3.05) is 0 Å². The van der Waals surface area contributed by atoms with Crippen LogP contribution in [0.25, 0.3) is 0 Å². The molecule has 7 heteroatoms. The van der Waals surface area contributed by atoms with Crippen molar-refractivity contribution in [3.8, 4) is 5.75 Å². The van der Waals surface area contributed by atoms with Gasteiger partial charge < -0.3 is 4.18 Å². The topological polar surface area (TPSA) is 86.5 Å². The Hall–Kier alpha value is -2.41. The van der Waals surface area contributed by atoms with Gasteiger partial charge >= 0.3 is 15.8 Å². The molecule has 110 valence electrons. The Kier molecular flexibility index (Phi) is 3.95. The lowest BCUT2D eigenvalue weighted by Gasteiger charge is -2.08. The van der Waals surface area contributed by atoms with E-state index in [1.807, 2.05) is 6.92 Å². The Balaban J connectivity index is 2.41. The molecule has 6 nitrogen and oxygen atoms in total. The largest absolute Gasteiger partial charge is 0.372 e. The molecule has 0 unspecified atom stereocenters. The van der Waals surface area contributed by atoms with Crippen LogP contribution in [0.3, 0.4) is 0 Å². The molecule has 0 fully saturated rings. The van der Waals surface area contributed by atoms with Crippen molar-refractivity contribution >= 4 is 15.8 Å². The van der Waals surface area contributed by atoms with E-state index in [0.29, 0.717) is 5.56 Å². The number of nitro groups is 1. The maximum atomic E-state index is 12.1. The second-order valence-corrected chi connectivity index (χ2v) is 6.13. The molecule has 21 heavy (non-hydrogen) atoms. The molecule has 0 aliphatic heterocycles. The molecular formula is C14H13NO5S. The Morgan fingerprint density at radius 1 is 1.00 bits per heavy atom. The number of hydrogen-bond acceptors (Lipinski definition) is 5. The molecule has 0 heterocycles. The molecule has 0 saturated carbocycles. The number of hydrogen-bond donors (Lipinski definition) is 0. The lowest BCUT2D eigenvalue weighted by Crippen LogP contribution is -2.11. The molecule has 0 radical (unpaired) electrons. The minimum Gasteiger partial charge on any atom is -0.372 e. The molecule has 0 amide bonds. The molecule has 2 aromatic carbocycles. The Morgan fingerprint density at radius 2 is 1.57 bits per heavy atom. The quantitative estimate of drug-likeness (QED) is 0.492. The second-order valence-electron chi connectivity index (χ2n) is 4.58. The van der Waals surface area contributed by atoms with Gasteiger partial charge in [0.05, 0.1) is 4.92 Å². The number of aryl methyl sites for hydroxylation is 2. The van der Waals surface area contributed by atoms with Crippen molar-refractivity contribution in [3.05, 3.63) is 63.7 Å². The van der Waals surface area contributed by atoms with Crippen molar-refractivity contribution in [3.63, 3.8) is 0 Å². The molecule has 0 aromatic heterocycles. The summed E-state index contributed by atoms with van der Waals surface area (Å²) in [5, 5.41) is 11.0. The van der Waals surface area contributed by atoms with E-state index < -0.39 is 15.0 Å². The van der Waals surface area contributed by atoms with Crippen LogP contribution in [-0.2, 0) is 10.1 Å². The van der Waals surface area contributed by atoms with Gasteiger partial charge in [-0.05, 0) is 37.6 Å². The molecule has 0 spiro atoms. The van der Waals surface area contributed by atoms with Crippen LogP contribution in [0.5, 0.6) is 5.75 Å². The van der Waals surface area contributed by atoms with Crippen molar-refractivity contribution in [2.24, 2.45) is 0 Å². The van der Waals surface area contributed by atoms with E-state index in [1.54, 1.807) is 25.1 Å². The molecular weight excluding hydrogens is 294 g/mol. The average Bonchev–Trinajstić information content (AvgIpc) is 2.41. The smallest absolute Gasteiger partial charge is 0.339 e. The highest BCUT2D eigenvalue weighted by Crippen LogP contribution is 2.30. The summed E-state index contributed by atoms with van der Waals surface area (Å²) in [6.45, 7) is 3.49. The normalized spacial score (nSPS) is 11.1. The van der Waals surface area contributed by atoms with E-state index in [1.165, 1.54) is 24.3 Å². The van der Waals surface area contributed by atoms with Crippen LogP contribution in [0.1, 0.15) is 11.1 Å². The molecule has 0 N–H and O–H groups in total. The number of rotatable bonds is 4. The van der Waals surface area contributed by atoms with Crippen LogP contribution in [-0.4, -0.2) is 13.3 Å². The number of nitrogens with zero attached hydrogens (tertiary/aromatic N) is 1. The molecule has 2 aromatic rings. The van der Waals surface area contributed by atoms with Crippen LogP contribution in [0.4, 0.5) is 5.69 Å². The van der Waals surface area contributed by atoms with Gasteiger partial charge in [0, 0.05) is 6.07 Å². The second kappa shape index (κ2) is 5.53. The van der Waals surface area contributed by atoms with Crippen molar-refractivity contribution in [2.45, 2.75) is 18.7 Å². The minimum absolute atomic E-state index is 0.0528. The average molecular weight is 307 g/mol. The first-order valence-corrected chi connectivity index (χ1v) is 7.46. The van der Waals surface area contributed by atoms with Crippen LogP contribution < -0.4 is 4.18 Å². The highest BCUT2D eigenvalue weighted by molar-refractivity contribution is 7.87. The third kappa shape index (κ3) is 3.38. The fourth-order valence-corrected chi connectivity index (χ4v) is 2.65. The summed E-state index contributed by atoms with van der Waals surface area (Å²) in [5.41, 5.74) is 1.16. The maximum Gasteiger partial charge on any atom is 0.339 e. The first-order chi connectivity index (χ1) is 9.79. The summed E-state index contributed by atoms with van der Waals surface area (Å²) in [6, 6.07) is 10.1. The van der Waals surface area contributed by atoms with Crippen LogP contribution >= 0.6 is 0 Å². The summed E-state index contributed by atoms with van der Waals surface area (Å²) in [6.07, 6.45) is 0. The van der Waals surface area contributed by atoms with E-state index in [2.05, 4.69) is 0 Å². The molecule has 2 rings (SSSR count). The fraction of sp³-hybridized carbons (Fsp3) is 0.143. The van der Waals surface area contributed by atoms with Gasteiger partial charge in [0.25, 0.3) is 0 Å². The zero-order valence-corrected chi connectivity index (χ0v) is 12.3. The Bertz CT molecular complexity index is 782.